The van der Waals surface area contributed by atoms with Gasteiger partial charge in [-0.25, -0.2) is 4.79 Å². The third-order valence-corrected chi connectivity index (χ3v) is 6.09. The lowest BCUT2D eigenvalue weighted by molar-refractivity contribution is 0.0695. The first-order valence-corrected chi connectivity index (χ1v) is 10.5. The maximum atomic E-state index is 11.9. The van der Waals surface area contributed by atoms with Crippen LogP contribution in [0.5, 0.6) is 5.75 Å². The van der Waals surface area contributed by atoms with Crippen LogP contribution in [0.4, 0.5) is 0 Å². The molecule has 1 saturated carbocycles. The number of hydrogen-bond donors (Lipinski definition) is 1. The molecule has 4 aromatic rings. The number of methoxy groups -OCH3 is 1. The number of ether oxygens (including phenoxy) is 1. The van der Waals surface area contributed by atoms with E-state index in [0.29, 0.717) is 23.6 Å². The third-order valence-electron chi connectivity index (χ3n) is 6.09. The molecule has 0 unspecified atom stereocenters. The normalized spacial score (nSPS) is 13.5. The lowest BCUT2D eigenvalue weighted by atomic mass is 9.99. The van der Waals surface area contributed by atoms with E-state index in [1.807, 2.05) is 37.5 Å². The van der Waals surface area contributed by atoms with Crippen molar-refractivity contribution < 1.29 is 14.6 Å². The summed E-state index contributed by atoms with van der Waals surface area (Å²) >= 11 is 0. The van der Waals surface area contributed by atoms with Crippen molar-refractivity contribution in [2.75, 3.05) is 7.11 Å². The molecule has 2 aromatic heterocycles. The molecule has 156 valence electrons. The molecule has 0 atom stereocenters. The van der Waals surface area contributed by atoms with Gasteiger partial charge in [0.2, 0.25) is 0 Å². The second-order valence-electron chi connectivity index (χ2n) is 8.22. The summed E-state index contributed by atoms with van der Waals surface area (Å²) in [6.07, 6.45) is 6.67. The monoisotopic (exact) mass is 412 g/mol. The Kier molecular flexibility index (Phi) is 4.74. The SMILES string of the molecule is COc1ccccc1-c1cn(C)c2ccc(Cc3ncc(C4CC4)cc3C(=O)O)cc12. The summed E-state index contributed by atoms with van der Waals surface area (Å²) in [6, 6.07) is 16.1. The third kappa shape index (κ3) is 3.56. The Hall–Kier alpha value is -3.60. The minimum atomic E-state index is -0.916. The van der Waals surface area contributed by atoms with Crippen molar-refractivity contribution in [2.24, 2.45) is 7.05 Å². The van der Waals surface area contributed by atoms with Crippen molar-refractivity contribution >= 4 is 16.9 Å². The maximum absolute atomic E-state index is 11.9. The minimum Gasteiger partial charge on any atom is -0.496 e. The highest BCUT2D eigenvalue weighted by Crippen LogP contribution is 2.40. The quantitative estimate of drug-likeness (QED) is 0.460. The topological polar surface area (TPSA) is 64.4 Å². The van der Waals surface area contributed by atoms with Gasteiger partial charge in [0.1, 0.15) is 5.75 Å². The summed E-state index contributed by atoms with van der Waals surface area (Å²) in [5.74, 6) is 0.384. The summed E-state index contributed by atoms with van der Waals surface area (Å²) in [7, 11) is 3.71. The number of rotatable bonds is 6. The molecule has 1 aliphatic rings. The zero-order valence-corrected chi connectivity index (χ0v) is 17.6. The number of benzene rings is 2. The number of para-hydroxylation sites is 1. The Bertz CT molecular complexity index is 1300. The van der Waals surface area contributed by atoms with E-state index in [1.54, 1.807) is 7.11 Å². The number of aromatic carboxylic acids is 1. The Morgan fingerprint density at radius 2 is 1.97 bits per heavy atom. The Balaban J connectivity index is 1.57. The van der Waals surface area contributed by atoms with Gasteiger partial charge in [0.05, 0.1) is 18.4 Å². The highest BCUT2D eigenvalue weighted by molar-refractivity contribution is 5.98. The van der Waals surface area contributed by atoms with Crippen molar-refractivity contribution in [3.63, 3.8) is 0 Å². The van der Waals surface area contributed by atoms with E-state index < -0.39 is 5.97 Å². The number of nitrogens with zero attached hydrogens (tertiary/aromatic N) is 2. The Morgan fingerprint density at radius 1 is 1.16 bits per heavy atom. The number of carboxylic acids is 1. The van der Waals surface area contributed by atoms with E-state index in [4.69, 9.17) is 4.74 Å². The fraction of sp³-hybridized carbons (Fsp3) is 0.231. The molecule has 0 radical (unpaired) electrons. The van der Waals surface area contributed by atoms with Crippen molar-refractivity contribution in [1.82, 2.24) is 9.55 Å². The second-order valence-corrected chi connectivity index (χ2v) is 8.22. The fourth-order valence-electron chi connectivity index (χ4n) is 4.30. The number of aryl methyl sites for hydroxylation is 1. The van der Waals surface area contributed by atoms with Crippen molar-refractivity contribution in [1.29, 1.82) is 0 Å². The smallest absolute Gasteiger partial charge is 0.337 e. The van der Waals surface area contributed by atoms with Gasteiger partial charge >= 0.3 is 5.97 Å². The van der Waals surface area contributed by atoms with Gasteiger partial charge in [-0.2, -0.15) is 0 Å². The average molecular weight is 412 g/mol. The number of carboxylic acid groups (broad SMARTS) is 1. The molecule has 5 rings (SSSR count). The summed E-state index contributed by atoms with van der Waals surface area (Å²) in [5.41, 5.74) is 6.22. The largest absolute Gasteiger partial charge is 0.496 e. The first kappa shape index (κ1) is 19.4. The second kappa shape index (κ2) is 7.58. The van der Waals surface area contributed by atoms with E-state index in [-0.39, 0.29) is 0 Å². The lowest BCUT2D eigenvalue weighted by Gasteiger charge is -2.10. The molecule has 0 bridgehead atoms. The molecule has 5 nitrogen and oxygen atoms in total. The van der Waals surface area contributed by atoms with Gasteiger partial charge in [0, 0.05) is 47.9 Å². The van der Waals surface area contributed by atoms with Crippen molar-refractivity contribution in [2.45, 2.75) is 25.2 Å². The van der Waals surface area contributed by atoms with Gasteiger partial charge < -0.3 is 14.4 Å². The lowest BCUT2D eigenvalue weighted by Crippen LogP contribution is -2.07. The van der Waals surface area contributed by atoms with Crippen LogP contribution in [0.1, 0.15) is 45.9 Å². The molecule has 2 heterocycles. The van der Waals surface area contributed by atoms with E-state index >= 15 is 0 Å². The molecule has 31 heavy (non-hydrogen) atoms. The number of fused-ring (bicyclic) bond motifs is 1. The number of pyridine rings is 1. The molecule has 0 amide bonds. The van der Waals surface area contributed by atoms with Gasteiger partial charge in [0.25, 0.3) is 0 Å². The highest BCUT2D eigenvalue weighted by atomic mass is 16.5. The molecule has 1 aliphatic carbocycles. The first-order chi connectivity index (χ1) is 15.0. The summed E-state index contributed by atoms with van der Waals surface area (Å²) in [6.45, 7) is 0. The Morgan fingerprint density at radius 3 is 2.71 bits per heavy atom. The summed E-state index contributed by atoms with van der Waals surface area (Å²) in [4.78, 5) is 16.4. The predicted molar refractivity (Wildman–Crippen MR) is 121 cm³/mol. The standard InChI is InChI=1S/C26H24N2O3/c1-28-15-22(19-5-3-4-6-25(19)31-2)20-11-16(7-10-24(20)28)12-23-21(26(29)30)13-18(14-27-23)17-8-9-17/h3-7,10-11,13-15,17H,8-9,12H2,1-2H3,(H,29,30). The molecule has 0 saturated heterocycles. The van der Waals surface area contributed by atoms with Crippen LogP contribution in [0.2, 0.25) is 0 Å². The van der Waals surface area contributed by atoms with Gasteiger partial charge in [0.15, 0.2) is 0 Å². The number of aromatic nitrogens is 2. The van der Waals surface area contributed by atoms with Gasteiger partial charge in [-0.1, -0.05) is 24.3 Å². The molecule has 1 fully saturated rings. The molecule has 5 heteroatoms. The van der Waals surface area contributed by atoms with Crippen LogP contribution in [-0.4, -0.2) is 27.7 Å². The molecule has 0 aliphatic heterocycles. The Labute approximate surface area is 180 Å². The van der Waals surface area contributed by atoms with Crippen molar-refractivity contribution in [3.05, 3.63) is 83.3 Å². The van der Waals surface area contributed by atoms with Crippen LogP contribution in [0, 0.1) is 0 Å². The van der Waals surface area contributed by atoms with Crippen LogP contribution in [0.15, 0.2) is 60.9 Å². The van der Waals surface area contributed by atoms with Gasteiger partial charge in [-0.05, 0) is 54.2 Å². The van der Waals surface area contributed by atoms with Crippen LogP contribution in [-0.2, 0) is 13.5 Å². The molecule has 2 aromatic carbocycles. The van der Waals surface area contributed by atoms with E-state index in [9.17, 15) is 9.90 Å². The van der Waals surface area contributed by atoms with Crippen LogP contribution in [0.25, 0.3) is 22.0 Å². The van der Waals surface area contributed by atoms with E-state index in [0.717, 1.165) is 51.7 Å². The molecular weight excluding hydrogens is 388 g/mol. The maximum Gasteiger partial charge on any atom is 0.337 e. The van der Waals surface area contributed by atoms with Crippen LogP contribution >= 0.6 is 0 Å². The van der Waals surface area contributed by atoms with Crippen LogP contribution < -0.4 is 4.74 Å². The number of hydrogen-bond acceptors (Lipinski definition) is 3. The van der Waals surface area contributed by atoms with Crippen LogP contribution in [0.3, 0.4) is 0 Å². The van der Waals surface area contributed by atoms with Gasteiger partial charge in [-0.3, -0.25) is 4.98 Å². The fourth-order valence-corrected chi connectivity index (χ4v) is 4.30. The molecule has 0 spiro atoms. The minimum absolute atomic E-state index is 0.308. The zero-order chi connectivity index (χ0) is 21.5. The molecule has 1 N–H and O–H groups in total. The summed E-state index contributed by atoms with van der Waals surface area (Å²) in [5, 5.41) is 10.8. The van der Waals surface area contributed by atoms with E-state index in [2.05, 4.69) is 40.0 Å². The van der Waals surface area contributed by atoms with Gasteiger partial charge in [-0.15, -0.1) is 0 Å². The zero-order valence-electron chi connectivity index (χ0n) is 17.6. The van der Waals surface area contributed by atoms with E-state index in [1.165, 1.54) is 0 Å². The average Bonchev–Trinajstić information content (AvgIpc) is 3.58. The highest BCUT2D eigenvalue weighted by Gasteiger charge is 2.26. The first-order valence-electron chi connectivity index (χ1n) is 10.5. The predicted octanol–water partition coefficient (Wildman–Crippen LogP) is 5.42. The summed E-state index contributed by atoms with van der Waals surface area (Å²) < 4.78 is 7.68. The number of carbonyl (C=O) groups is 1. The molecular formula is C26H24N2O3. The van der Waals surface area contributed by atoms with Crippen molar-refractivity contribution in [3.8, 4) is 16.9 Å².